The maximum atomic E-state index is 11.6. The quantitative estimate of drug-likeness (QED) is 0.339. The van der Waals surface area contributed by atoms with E-state index in [0.29, 0.717) is 13.0 Å². The van der Waals surface area contributed by atoms with E-state index in [9.17, 15) is 9.59 Å². The molecule has 0 heterocycles. The van der Waals surface area contributed by atoms with Gasteiger partial charge in [-0.1, -0.05) is 30.2 Å². The van der Waals surface area contributed by atoms with Crippen molar-refractivity contribution in [3.05, 3.63) is 23.3 Å². The summed E-state index contributed by atoms with van der Waals surface area (Å²) < 4.78 is 4.75. The zero-order chi connectivity index (χ0) is 15.4. The van der Waals surface area contributed by atoms with Crippen molar-refractivity contribution in [2.45, 2.75) is 66.2 Å². The summed E-state index contributed by atoms with van der Waals surface area (Å²) in [6, 6.07) is 0. The van der Waals surface area contributed by atoms with Crippen molar-refractivity contribution in [3.8, 4) is 0 Å². The number of carbonyl (C=O) groups excluding carboxylic acids is 2. The van der Waals surface area contributed by atoms with Crippen LogP contribution in [0.2, 0.25) is 0 Å². The van der Waals surface area contributed by atoms with Gasteiger partial charge in [0.15, 0.2) is 0 Å². The van der Waals surface area contributed by atoms with Crippen LogP contribution in [0, 0.1) is 0 Å². The second kappa shape index (κ2) is 11.4. The van der Waals surface area contributed by atoms with Crippen LogP contribution in [0.1, 0.15) is 66.2 Å². The zero-order valence-electron chi connectivity index (χ0n) is 13.3. The van der Waals surface area contributed by atoms with Gasteiger partial charge in [-0.05, 0) is 46.5 Å². The van der Waals surface area contributed by atoms with Gasteiger partial charge in [-0.3, -0.25) is 9.59 Å². The van der Waals surface area contributed by atoms with Gasteiger partial charge in [-0.2, -0.15) is 0 Å². The molecule has 0 aliphatic heterocycles. The predicted molar refractivity (Wildman–Crippen MR) is 82.5 cm³/mol. The topological polar surface area (TPSA) is 43.4 Å². The third-order valence-electron chi connectivity index (χ3n) is 2.98. The fourth-order valence-electron chi connectivity index (χ4n) is 1.87. The highest BCUT2D eigenvalue weighted by atomic mass is 16.5. The minimum absolute atomic E-state index is 0.0422. The van der Waals surface area contributed by atoms with Crippen LogP contribution in [0.15, 0.2) is 23.3 Å². The molecule has 0 amide bonds. The van der Waals surface area contributed by atoms with Gasteiger partial charge >= 0.3 is 5.97 Å². The van der Waals surface area contributed by atoms with Crippen molar-refractivity contribution in [2.24, 2.45) is 0 Å². The molecule has 0 aliphatic rings. The Balaban J connectivity index is 4.02. The van der Waals surface area contributed by atoms with E-state index in [1.54, 1.807) is 6.92 Å². The molecule has 114 valence electrons. The average molecular weight is 280 g/mol. The molecule has 20 heavy (non-hydrogen) atoms. The SMILES string of the molecule is CCOC(=O)CC(=O)CC/C=C(\CC)CCC=C(C)C. The van der Waals surface area contributed by atoms with Crippen molar-refractivity contribution in [1.82, 2.24) is 0 Å². The third-order valence-corrected chi connectivity index (χ3v) is 2.98. The van der Waals surface area contributed by atoms with Gasteiger partial charge in [0.1, 0.15) is 12.2 Å². The van der Waals surface area contributed by atoms with E-state index in [1.807, 2.05) is 0 Å². The molecule has 3 nitrogen and oxygen atoms in total. The molecule has 0 aliphatic carbocycles. The van der Waals surface area contributed by atoms with E-state index >= 15 is 0 Å². The molecule has 0 aromatic heterocycles. The maximum Gasteiger partial charge on any atom is 0.313 e. The minimum atomic E-state index is -0.416. The molecule has 0 saturated carbocycles. The summed E-state index contributed by atoms with van der Waals surface area (Å²) in [5.41, 5.74) is 2.72. The van der Waals surface area contributed by atoms with E-state index in [-0.39, 0.29) is 12.2 Å². The normalized spacial score (nSPS) is 11.1. The highest BCUT2D eigenvalue weighted by Crippen LogP contribution is 2.13. The molecule has 0 rings (SSSR count). The van der Waals surface area contributed by atoms with Gasteiger partial charge in [-0.25, -0.2) is 0 Å². The zero-order valence-corrected chi connectivity index (χ0v) is 13.3. The number of Topliss-reactive ketones (excluding diaryl/α,β-unsaturated/α-hetero) is 1. The Morgan fingerprint density at radius 1 is 1.00 bits per heavy atom. The summed E-state index contributed by atoms with van der Waals surface area (Å²) in [6.07, 6.45) is 8.54. The van der Waals surface area contributed by atoms with Crippen LogP contribution in [-0.4, -0.2) is 18.4 Å². The van der Waals surface area contributed by atoms with Crippen LogP contribution in [0.3, 0.4) is 0 Å². The first-order valence-electron chi connectivity index (χ1n) is 7.48. The molecule has 0 N–H and O–H groups in total. The van der Waals surface area contributed by atoms with Crippen molar-refractivity contribution in [2.75, 3.05) is 6.61 Å². The van der Waals surface area contributed by atoms with Gasteiger partial charge in [0.2, 0.25) is 0 Å². The molecule has 0 radical (unpaired) electrons. The van der Waals surface area contributed by atoms with E-state index < -0.39 is 5.97 Å². The molecule has 0 spiro atoms. The Bertz CT molecular complexity index is 360. The van der Waals surface area contributed by atoms with Crippen molar-refractivity contribution < 1.29 is 14.3 Å². The van der Waals surface area contributed by atoms with Crippen molar-refractivity contribution in [3.63, 3.8) is 0 Å². The standard InChI is InChI=1S/C17H28O3/c1-5-15(10-7-9-14(3)4)11-8-12-16(18)13-17(19)20-6-2/h9,11H,5-8,10,12-13H2,1-4H3/b15-11+. The molecule has 0 fully saturated rings. The Kier molecular flexibility index (Phi) is 10.7. The van der Waals surface area contributed by atoms with Gasteiger partial charge in [0, 0.05) is 6.42 Å². The van der Waals surface area contributed by atoms with Crippen LogP contribution in [0.25, 0.3) is 0 Å². The number of ether oxygens (including phenoxy) is 1. The highest BCUT2D eigenvalue weighted by molar-refractivity contribution is 5.95. The molecule has 0 atom stereocenters. The third kappa shape index (κ3) is 10.5. The van der Waals surface area contributed by atoms with E-state index in [0.717, 1.165) is 25.7 Å². The van der Waals surface area contributed by atoms with Gasteiger partial charge in [0.25, 0.3) is 0 Å². The fourth-order valence-corrected chi connectivity index (χ4v) is 1.87. The smallest absolute Gasteiger partial charge is 0.313 e. The lowest BCUT2D eigenvalue weighted by Gasteiger charge is -2.04. The van der Waals surface area contributed by atoms with E-state index in [4.69, 9.17) is 4.74 Å². The molecule has 0 saturated heterocycles. The minimum Gasteiger partial charge on any atom is -0.466 e. The van der Waals surface area contributed by atoms with Crippen LogP contribution in [0.5, 0.6) is 0 Å². The van der Waals surface area contributed by atoms with Gasteiger partial charge in [-0.15, -0.1) is 0 Å². The molecule has 0 bridgehead atoms. The Morgan fingerprint density at radius 2 is 1.65 bits per heavy atom. The molecule has 3 heteroatoms. The second-order valence-corrected chi connectivity index (χ2v) is 5.10. The average Bonchev–Trinajstić information content (AvgIpc) is 2.36. The van der Waals surface area contributed by atoms with Gasteiger partial charge in [0.05, 0.1) is 6.61 Å². The first-order chi connectivity index (χ1) is 9.49. The summed E-state index contributed by atoms with van der Waals surface area (Å²) in [5.74, 6) is -0.458. The number of allylic oxidation sites excluding steroid dienone is 4. The Hall–Kier alpha value is -1.38. The first-order valence-corrected chi connectivity index (χ1v) is 7.48. The largest absolute Gasteiger partial charge is 0.466 e. The highest BCUT2D eigenvalue weighted by Gasteiger charge is 2.09. The summed E-state index contributed by atoms with van der Waals surface area (Å²) in [5, 5.41) is 0. The number of esters is 1. The molecular weight excluding hydrogens is 252 g/mol. The van der Waals surface area contributed by atoms with E-state index in [2.05, 4.69) is 32.9 Å². The maximum absolute atomic E-state index is 11.6. The number of hydrogen-bond acceptors (Lipinski definition) is 3. The number of ketones is 1. The van der Waals surface area contributed by atoms with E-state index in [1.165, 1.54) is 11.1 Å². The van der Waals surface area contributed by atoms with Crippen LogP contribution in [-0.2, 0) is 14.3 Å². The Labute approximate surface area is 123 Å². The molecule has 0 aromatic carbocycles. The molecule has 0 unspecified atom stereocenters. The Morgan fingerprint density at radius 3 is 2.20 bits per heavy atom. The second-order valence-electron chi connectivity index (χ2n) is 5.10. The van der Waals surface area contributed by atoms with Crippen molar-refractivity contribution in [1.29, 1.82) is 0 Å². The number of rotatable bonds is 10. The molecule has 0 aromatic rings. The van der Waals surface area contributed by atoms with Crippen molar-refractivity contribution >= 4 is 11.8 Å². The first kappa shape index (κ1) is 18.6. The van der Waals surface area contributed by atoms with Crippen LogP contribution >= 0.6 is 0 Å². The summed E-state index contributed by atoms with van der Waals surface area (Å²) in [7, 11) is 0. The molecular formula is C17H28O3. The number of hydrogen-bond donors (Lipinski definition) is 0. The summed E-state index contributed by atoms with van der Waals surface area (Å²) >= 11 is 0. The van der Waals surface area contributed by atoms with Crippen LogP contribution < -0.4 is 0 Å². The summed E-state index contributed by atoms with van der Waals surface area (Å²) in [6.45, 7) is 8.41. The lowest BCUT2D eigenvalue weighted by Crippen LogP contribution is -2.10. The lowest BCUT2D eigenvalue weighted by atomic mass is 10.0. The monoisotopic (exact) mass is 280 g/mol. The summed E-state index contributed by atoms with van der Waals surface area (Å²) in [4.78, 5) is 22.7. The fraction of sp³-hybridized carbons (Fsp3) is 0.647. The van der Waals surface area contributed by atoms with Crippen LogP contribution in [0.4, 0.5) is 0 Å². The van der Waals surface area contributed by atoms with Gasteiger partial charge < -0.3 is 4.74 Å². The number of carbonyl (C=O) groups is 2. The predicted octanol–water partition coefficient (Wildman–Crippen LogP) is 4.37. The lowest BCUT2D eigenvalue weighted by molar-refractivity contribution is -0.145.